The maximum Gasteiger partial charge on any atom is 0.407 e. The van der Waals surface area contributed by atoms with E-state index >= 15 is 0 Å². The van der Waals surface area contributed by atoms with Crippen LogP contribution in [0, 0.1) is 11.8 Å². The average Bonchev–Trinajstić information content (AvgIpc) is 3.48. The van der Waals surface area contributed by atoms with Gasteiger partial charge in [0, 0.05) is 22.5 Å². The monoisotopic (exact) mass is 625 g/mol. The summed E-state index contributed by atoms with van der Waals surface area (Å²) in [6.45, 7) is 5.94. The van der Waals surface area contributed by atoms with E-state index in [9.17, 15) is 14.4 Å². The molecule has 4 N–H and O–H groups in total. The number of rotatable bonds is 8. The third kappa shape index (κ3) is 8.43. The molecule has 0 spiro atoms. The number of nitrogens with one attached hydrogen (secondary N) is 2. The van der Waals surface area contributed by atoms with Gasteiger partial charge in [-0.05, 0) is 111 Å². The van der Waals surface area contributed by atoms with Crippen molar-refractivity contribution in [1.29, 1.82) is 0 Å². The van der Waals surface area contributed by atoms with Gasteiger partial charge in [-0.15, -0.1) is 5.10 Å². The number of nitrogens with two attached hydrogens (primary N) is 1. The van der Waals surface area contributed by atoms with E-state index in [0.717, 1.165) is 28.4 Å². The molecule has 4 rings (SSSR count). The Morgan fingerprint density at radius 1 is 1.07 bits per heavy atom. The molecule has 1 fully saturated rings. The summed E-state index contributed by atoms with van der Waals surface area (Å²) in [5.41, 5.74) is 7.89. The number of tetrazole rings is 1. The number of aromatic nitrogens is 4. The minimum atomic E-state index is -0.910. The number of imide groups is 1. The highest BCUT2D eigenvalue weighted by atomic mass is 79.9. The third-order valence-corrected chi connectivity index (χ3v) is 7.53. The Labute approximate surface area is 247 Å². The highest BCUT2D eigenvalue weighted by Gasteiger charge is 2.35. The van der Waals surface area contributed by atoms with Gasteiger partial charge in [0.25, 0.3) is 5.91 Å². The lowest BCUT2D eigenvalue weighted by Crippen LogP contribution is -2.50. The minimum Gasteiger partial charge on any atom is -0.444 e. The van der Waals surface area contributed by atoms with Gasteiger partial charge in [0.15, 0.2) is 5.82 Å². The van der Waals surface area contributed by atoms with E-state index in [4.69, 9.17) is 10.5 Å². The summed E-state index contributed by atoms with van der Waals surface area (Å²) in [6.07, 6.45) is 2.55. The fraction of sp³-hybridized carbons (Fsp3) is 0.448. The van der Waals surface area contributed by atoms with E-state index < -0.39 is 23.6 Å². The van der Waals surface area contributed by atoms with Crippen LogP contribution in [0.2, 0.25) is 0 Å². The quantitative estimate of drug-likeness (QED) is 0.333. The summed E-state index contributed by atoms with van der Waals surface area (Å²) < 4.78 is 6.25. The van der Waals surface area contributed by atoms with Crippen LogP contribution in [0.15, 0.2) is 53.0 Å². The number of nitrogens with zero attached hydrogens (tertiary/aromatic N) is 4. The van der Waals surface area contributed by atoms with Crippen molar-refractivity contribution in [1.82, 2.24) is 25.9 Å². The molecule has 12 heteroatoms. The van der Waals surface area contributed by atoms with Gasteiger partial charge < -0.3 is 15.8 Å². The van der Waals surface area contributed by atoms with Crippen LogP contribution in [-0.4, -0.2) is 56.7 Å². The van der Waals surface area contributed by atoms with Crippen molar-refractivity contribution in [3.8, 4) is 11.4 Å². The van der Waals surface area contributed by atoms with Crippen molar-refractivity contribution in [3.05, 3.63) is 58.6 Å². The zero-order chi connectivity index (χ0) is 29.6. The molecule has 218 valence electrons. The average molecular weight is 627 g/mol. The Morgan fingerprint density at radius 3 is 2.32 bits per heavy atom. The number of carbonyl (C=O) groups excluding carboxylic acids is 3. The fourth-order valence-corrected chi connectivity index (χ4v) is 5.14. The molecule has 3 aromatic rings. The van der Waals surface area contributed by atoms with E-state index in [1.165, 1.54) is 4.90 Å². The number of benzene rings is 2. The number of anilines is 1. The molecular weight excluding hydrogens is 590 g/mol. The number of amides is 3. The van der Waals surface area contributed by atoms with Crippen molar-refractivity contribution in [2.24, 2.45) is 17.6 Å². The number of aromatic amines is 1. The second-order valence-electron chi connectivity index (χ2n) is 11.3. The van der Waals surface area contributed by atoms with E-state index in [1.807, 2.05) is 45.0 Å². The molecule has 2 aromatic carbocycles. The number of alkyl carbamates (subject to hydrolysis) is 1. The summed E-state index contributed by atoms with van der Waals surface area (Å²) in [7, 11) is 0. The molecule has 1 atom stereocenters. The van der Waals surface area contributed by atoms with Crippen LogP contribution in [0.1, 0.15) is 52.0 Å². The highest BCUT2D eigenvalue weighted by molar-refractivity contribution is 9.10. The lowest BCUT2D eigenvalue weighted by molar-refractivity contribution is -0.130. The number of H-pyrrole nitrogens is 1. The van der Waals surface area contributed by atoms with E-state index in [1.54, 1.807) is 24.3 Å². The molecule has 3 amide bonds. The SMILES string of the molecule is CC(C)(C)OC(=O)NC[C@H]1CC[C@H](C(=O)N(C(=O)[C@@H](N)Cc2ccc(Br)cc2)c2ccc(-c3nnn[nH]3)cc2)CC1. The van der Waals surface area contributed by atoms with Crippen LogP contribution < -0.4 is 16.0 Å². The molecule has 1 aromatic heterocycles. The molecule has 0 bridgehead atoms. The first-order chi connectivity index (χ1) is 19.5. The molecule has 1 saturated carbocycles. The van der Waals surface area contributed by atoms with Gasteiger partial charge in [0.1, 0.15) is 5.60 Å². The summed E-state index contributed by atoms with van der Waals surface area (Å²) in [4.78, 5) is 40.9. The first-order valence-electron chi connectivity index (χ1n) is 13.7. The highest BCUT2D eigenvalue weighted by Crippen LogP contribution is 2.32. The molecule has 1 heterocycles. The first-order valence-corrected chi connectivity index (χ1v) is 14.5. The van der Waals surface area contributed by atoms with Gasteiger partial charge in [-0.3, -0.25) is 9.59 Å². The summed E-state index contributed by atoms with van der Waals surface area (Å²) >= 11 is 3.42. The Balaban J connectivity index is 1.46. The Kier molecular flexibility index (Phi) is 9.87. The predicted octanol–water partition coefficient (Wildman–Crippen LogP) is 4.39. The second-order valence-corrected chi connectivity index (χ2v) is 12.3. The molecule has 0 unspecified atom stereocenters. The molecule has 0 radical (unpaired) electrons. The van der Waals surface area contributed by atoms with Gasteiger partial charge in [-0.25, -0.2) is 14.8 Å². The van der Waals surface area contributed by atoms with Gasteiger partial charge >= 0.3 is 6.09 Å². The van der Waals surface area contributed by atoms with Crippen LogP contribution in [0.4, 0.5) is 10.5 Å². The van der Waals surface area contributed by atoms with Crippen molar-refractivity contribution in [3.63, 3.8) is 0 Å². The summed E-state index contributed by atoms with van der Waals surface area (Å²) in [5, 5.41) is 16.6. The topological polar surface area (TPSA) is 156 Å². The Hall–Kier alpha value is -3.64. The minimum absolute atomic E-state index is 0.227. The van der Waals surface area contributed by atoms with Crippen molar-refractivity contribution in [2.45, 2.75) is 64.5 Å². The lowest BCUT2D eigenvalue weighted by atomic mass is 9.81. The molecule has 0 saturated heterocycles. The van der Waals surface area contributed by atoms with Gasteiger partial charge in [-0.2, -0.15) is 0 Å². The van der Waals surface area contributed by atoms with Gasteiger partial charge in [0.2, 0.25) is 5.91 Å². The number of hydrogen-bond donors (Lipinski definition) is 3. The standard InChI is InChI=1S/C29H36BrN7O4/c1-29(2,3)41-28(40)32-17-19-4-8-21(9-5-19)26(38)37(23-14-10-20(11-15-23)25-33-35-36-34-25)27(39)24(31)16-18-6-12-22(30)13-7-18/h6-7,10-15,19,21,24H,4-5,8-9,16-17,31H2,1-3H3,(H,32,40)(H,33,34,35,36)/t19-,21-,24-/m0/s1. The zero-order valence-corrected chi connectivity index (χ0v) is 25.1. The van der Waals surface area contributed by atoms with E-state index in [0.29, 0.717) is 37.3 Å². The van der Waals surface area contributed by atoms with Gasteiger partial charge in [0.05, 0.1) is 11.7 Å². The van der Waals surface area contributed by atoms with Crippen LogP contribution in [0.25, 0.3) is 11.4 Å². The lowest BCUT2D eigenvalue weighted by Gasteiger charge is -2.32. The third-order valence-electron chi connectivity index (χ3n) is 7.00. The maximum atomic E-state index is 13.9. The summed E-state index contributed by atoms with van der Waals surface area (Å²) in [5.74, 6) is -0.361. The molecule has 11 nitrogen and oxygen atoms in total. The van der Waals surface area contributed by atoms with Crippen molar-refractivity contribution in [2.75, 3.05) is 11.4 Å². The van der Waals surface area contributed by atoms with E-state index in [-0.39, 0.29) is 17.7 Å². The number of hydrogen-bond acceptors (Lipinski definition) is 8. The molecule has 41 heavy (non-hydrogen) atoms. The number of carbonyl (C=O) groups is 3. The second kappa shape index (κ2) is 13.3. The molecule has 0 aliphatic heterocycles. The van der Waals surface area contributed by atoms with Crippen LogP contribution in [0.3, 0.4) is 0 Å². The van der Waals surface area contributed by atoms with E-state index in [2.05, 4.69) is 41.9 Å². The maximum absolute atomic E-state index is 13.9. The Bertz CT molecular complexity index is 1320. The number of ether oxygens (including phenoxy) is 1. The normalized spacial score (nSPS) is 17.9. The van der Waals surface area contributed by atoms with Crippen molar-refractivity contribution < 1.29 is 19.1 Å². The van der Waals surface area contributed by atoms with Crippen LogP contribution in [-0.2, 0) is 20.7 Å². The molecule has 1 aliphatic carbocycles. The van der Waals surface area contributed by atoms with Crippen LogP contribution in [0.5, 0.6) is 0 Å². The molecular formula is C29H36BrN7O4. The summed E-state index contributed by atoms with van der Waals surface area (Å²) in [6, 6.07) is 13.6. The largest absolute Gasteiger partial charge is 0.444 e. The predicted molar refractivity (Wildman–Crippen MR) is 158 cm³/mol. The number of halogens is 1. The first kappa shape index (κ1) is 30.3. The van der Waals surface area contributed by atoms with Crippen LogP contribution >= 0.6 is 15.9 Å². The zero-order valence-electron chi connectivity index (χ0n) is 23.5. The van der Waals surface area contributed by atoms with Crippen molar-refractivity contribution >= 4 is 39.5 Å². The van der Waals surface area contributed by atoms with Gasteiger partial charge in [-0.1, -0.05) is 28.1 Å². The smallest absolute Gasteiger partial charge is 0.407 e. The molecule has 1 aliphatic rings. The fourth-order valence-electron chi connectivity index (χ4n) is 4.88. The Morgan fingerprint density at radius 2 is 1.73 bits per heavy atom.